The van der Waals surface area contributed by atoms with Crippen LogP contribution in [0.3, 0.4) is 0 Å². The number of hydrazone groups is 1. The van der Waals surface area contributed by atoms with Crippen LogP contribution in [0.5, 0.6) is 23.0 Å². The normalized spacial score (nSPS) is 14.1. The summed E-state index contributed by atoms with van der Waals surface area (Å²) in [6.45, 7) is -2.90. The minimum absolute atomic E-state index is 0.101. The van der Waals surface area contributed by atoms with E-state index in [4.69, 9.17) is 19.3 Å². The third kappa shape index (κ3) is 11.7. The summed E-state index contributed by atoms with van der Waals surface area (Å²) in [5, 5.41) is 93.9. The molecule has 71 heavy (non-hydrogen) atoms. The molecule has 1 amide bonds. The van der Waals surface area contributed by atoms with Crippen molar-refractivity contribution in [3.8, 4) is 23.0 Å². The Kier molecular flexibility index (Phi) is 15.4. The van der Waals surface area contributed by atoms with E-state index in [0.29, 0.717) is 11.1 Å². The molecule has 370 valence electrons. The maximum Gasteiger partial charge on any atom is 0.355 e. The van der Waals surface area contributed by atoms with E-state index >= 15 is 0 Å². The molecule has 0 saturated heterocycles. The summed E-state index contributed by atoms with van der Waals surface area (Å²) in [5.74, 6) is -9.13. The van der Waals surface area contributed by atoms with Gasteiger partial charge in [0.1, 0.15) is 68.7 Å². The van der Waals surface area contributed by atoms with E-state index in [-0.39, 0.29) is 45.4 Å². The van der Waals surface area contributed by atoms with Gasteiger partial charge < -0.3 is 50.0 Å². The summed E-state index contributed by atoms with van der Waals surface area (Å²) in [5.41, 5.74) is -4.23. The van der Waals surface area contributed by atoms with Crippen molar-refractivity contribution in [1.29, 1.82) is 0 Å². The number of phenolic OH excluding ortho intramolecular Hbond substituents is 1. The molecule has 0 spiro atoms. The number of hydrogen-bond donors (Lipinski definition) is 9. The minimum atomic E-state index is -5.55. The summed E-state index contributed by atoms with van der Waals surface area (Å²) in [6, 6.07) is 9.87. The second kappa shape index (κ2) is 21.2. The lowest BCUT2D eigenvalue weighted by Crippen LogP contribution is -2.33. The van der Waals surface area contributed by atoms with E-state index in [9.17, 15) is 80.6 Å². The average molecular weight is 1020 g/mol. The van der Waals surface area contributed by atoms with Gasteiger partial charge in [-0.2, -0.15) is 37.2 Å². The highest BCUT2D eigenvalue weighted by molar-refractivity contribution is 7.86. The maximum absolute atomic E-state index is 13.4. The van der Waals surface area contributed by atoms with E-state index in [1.165, 1.54) is 0 Å². The van der Waals surface area contributed by atoms with Crippen LogP contribution in [0.4, 0.5) is 34.1 Å². The molecule has 1 atom stereocenters. The van der Waals surface area contributed by atoms with Crippen LogP contribution in [0, 0.1) is 0 Å². The van der Waals surface area contributed by atoms with Crippen LogP contribution in [0.2, 0.25) is 0 Å². The predicted molar refractivity (Wildman–Crippen MR) is 236 cm³/mol. The van der Waals surface area contributed by atoms with Gasteiger partial charge in [0.2, 0.25) is 6.04 Å². The van der Waals surface area contributed by atoms with E-state index in [0.717, 1.165) is 66.7 Å². The molecule has 1 aliphatic heterocycles. The second-order valence-corrected chi connectivity index (χ2v) is 16.7. The summed E-state index contributed by atoms with van der Waals surface area (Å²) in [6.07, 6.45) is 0. The molecule has 0 radical (unpaired) electrons. The van der Waals surface area contributed by atoms with Crippen molar-refractivity contribution in [1.82, 2.24) is 0 Å². The van der Waals surface area contributed by atoms with Crippen molar-refractivity contribution in [3.63, 3.8) is 0 Å². The second-order valence-electron chi connectivity index (χ2n) is 13.9. The average Bonchev–Trinajstić information content (AvgIpc) is 3.65. The number of nitrogens with zero attached hydrogens (tertiary/aromatic N) is 8. The van der Waals surface area contributed by atoms with E-state index in [1.54, 1.807) is 0 Å². The molecule has 1 aliphatic rings. The van der Waals surface area contributed by atoms with Gasteiger partial charge >= 0.3 is 23.9 Å². The molecule has 0 saturated carbocycles. The number of rotatable bonds is 21. The lowest BCUT2D eigenvalue weighted by molar-refractivity contribution is -0.139. The summed E-state index contributed by atoms with van der Waals surface area (Å²) < 4.78 is 88.6. The fourth-order valence-corrected chi connectivity index (χ4v) is 7.69. The first-order valence-electron chi connectivity index (χ1n) is 19.4. The Labute approximate surface area is 396 Å². The van der Waals surface area contributed by atoms with Gasteiger partial charge in [-0.05, 0) is 60.7 Å². The SMILES string of the molecule is O=C(O)COc1cc(C(=O)O)ccc1N=Nc1cc(OCCO)c(N=Nc2c(S(=O)(=O)O)cc3c(S(=O)(=O)O)c(N=NC4C(=O)N(c5ccc(C(=O)O)cc5)N=C4C(=O)O)ccc3c2O)cc1OCCO. The summed E-state index contributed by atoms with van der Waals surface area (Å²) in [4.78, 5) is 56.8. The third-order valence-electron chi connectivity index (χ3n) is 9.29. The van der Waals surface area contributed by atoms with Gasteiger partial charge in [0.25, 0.3) is 26.1 Å². The Hall–Kier alpha value is -8.88. The van der Waals surface area contributed by atoms with Crippen LogP contribution >= 0.6 is 0 Å². The highest BCUT2D eigenvalue weighted by Gasteiger charge is 2.41. The quantitative estimate of drug-likeness (QED) is 0.0363. The first kappa shape index (κ1) is 51.5. The number of aromatic carboxylic acids is 2. The number of azo groups is 3. The van der Waals surface area contributed by atoms with Crippen LogP contribution in [-0.4, -0.2) is 136 Å². The molecule has 31 heteroatoms. The van der Waals surface area contributed by atoms with Gasteiger partial charge in [-0.15, -0.1) is 20.5 Å². The number of ether oxygens (including phenoxy) is 3. The molecule has 1 heterocycles. The summed E-state index contributed by atoms with van der Waals surface area (Å²) in [7, 11) is -11.1. The fraction of sp³-hybridized carbons (Fsp3) is 0.150. The Balaban J connectivity index is 1.44. The molecule has 5 aromatic rings. The fourth-order valence-electron chi connectivity index (χ4n) is 6.22. The zero-order valence-electron chi connectivity index (χ0n) is 35.4. The number of carbonyl (C=O) groups excluding carboxylic acids is 1. The Bertz CT molecular complexity index is 3360. The van der Waals surface area contributed by atoms with E-state index < -0.39 is 138 Å². The molecule has 9 N–H and O–H groups in total. The molecular weight excluding hydrogens is 993 g/mol. The molecule has 1 unspecified atom stereocenters. The Morgan fingerprint density at radius 2 is 1.17 bits per heavy atom. The number of amides is 1. The van der Waals surface area contributed by atoms with Crippen molar-refractivity contribution in [3.05, 3.63) is 83.9 Å². The number of hydrogen-bond acceptors (Lipinski definition) is 22. The predicted octanol–water partition coefficient (Wildman–Crippen LogP) is 4.41. The third-order valence-corrected chi connectivity index (χ3v) is 11.1. The van der Waals surface area contributed by atoms with Crippen molar-refractivity contribution in [2.24, 2.45) is 35.8 Å². The van der Waals surface area contributed by atoms with Crippen molar-refractivity contribution in [2.75, 3.05) is 38.0 Å². The van der Waals surface area contributed by atoms with E-state index in [2.05, 4.69) is 35.8 Å². The van der Waals surface area contributed by atoms with Gasteiger partial charge in [0.05, 0.1) is 30.0 Å². The number of anilines is 1. The molecule has 0 aromatic heterocycles. The highest BCUT2D eigenvalue weighted by atomic mass is 32.2. The van der Waals surface area contributed by atoms with Gasteiger partial charge in [-0.3, -0.25) is 13.9 Å². The monoisotopic (exact) mass is 1020 g/mol. The molecule has 5 aromatic carbocycles. The van der Waals surface area contributed by atoms with Crippen LogP contribution in [0.25, 0.3) is 10.8 Å². The first-order chi connectivity index (χ1) is 33.5. The smallest absolute Gasteiger partial charge is 0.355 e. The maximum atomic E-state index is 13.4. The topological polar surface area (TPSA) is 453 Å². The number of aromatic hydroxyl groups is 1. The number of phenols is 1. The molecule has 0 aliphatic carbocycles. The van der Waals surface area contributed by atoms with E-state index in [1.807, 2.05) is 0 Å². The standard InChI is InChI=1S/C40H32N8O21S2/c49-9-11-67-28-16-26(29(68-12-10-50)15-25(28)43-41-23-7-3-19(39(57)58)13-27(23)69-17-31(51)52)44-45-32-30(70(61,62)63)14-22-21(35(32)53)6-8-24(36(22)71(64,65)66)42-46-33-34(40(59)60)47-48(37(33)54)20-4-1-18(2-5-20)38(55)56/h1-8,13-16,33,49-50,53H,9-12,17H2,(H,51,52)(H,55,56)(H,57,58)(H,59,60)(H,61,62,63)(H,64,65,66). The van der Waals surface area contributed by atoms with Crippen LogP contribution in [0.1, 0.15) is 20.7 Å². The van der Waals surface area contributed by atoms with Gasteiger partial charge in [0, 0.05) is 22.9 Å². The number of fused-ring (bicyclic) bond motifs is 1. The number of aliphatic hydroxyl groups excluding tert-OH is 2. The number of carboxylic acids is 4. The van der Waals surface area contributed by atoms with Gasteiger partial charge in [-0.25, -0.2) is 19.2 Å². The number of aliphatic hydroxyl groups is 2. The number of carbonyl (C=O) groups is 5. The van der Waals surface area contributed by atoms with Gasteiger partial charge in [0.15, 0.2) is 18.1 Å². The zero-order chi connectivity index (χ0) is 51.9. The molecule has 0 fully saturated rings. The van der Waals surface area contributed by atoms with Crippen molar-refractivity contribution in [2.45, 2.75) is 15.8 Å². The molecule has 6 rings (SSSR count). The number of aliphatic carboxylic acids is 2. The van der Waals surface area contributed by atoms with Crippen LogP contribution < -0.4 is 19.2 Å². The first-order valence-corrected chi connectivity index (χ1v) is 22.3. The van der Waals surface area contributed by atoms with Gasteiger partial charge in [-0.1, -0.05) is 0 Å². The highest BCUT2D eigenvalue weighted by Crippen LogP contribution is 2.47. The molecule has 0 bridgehead atoms. The zero-order valence-corrected chi connectivity index (χ0v) is 37.0. The Morgan fingerprint density at radius 1 is 0.620 bits per heavy atom. The Morgan fingerprint density at radius 3 is 1.70 bits per heavy atom. The largest absolute Gasteiger partial charge is 0.505 e. The molecule has 29 nitrogen and oxygen atoms in total. The summed E-state index contributed by atoms with van der Waals surface area (Å²) >= 11 is 0. The van der Waals surface area contributed by atoms with Crippen molar-refractivity contribution < 1.29 is 99.9 Å². The van der Waals surface area contributed by atoms with Crippen LogP contribution in [-0.2, 0) is 34.6 Å². The number of benzene rings is 5. The molecular formula is C40H32N8O21S2. The minimum Gasteiger partial charge on any atom is -0.505 e. The van der Waals surface area contributed by atoms with Crippen molar-refractivity contribution >= 4 is 101 Å². The number of carboxylic acid groups (broad SMARTS) is 4. The lowest BCUT2D eigenvalue weighted by atomic mass is 10.1. The van der Waals surface area contributed by atoms with Crippen LogP contribution in [0.15, 0.2) is 118 Å². The lowest BCUT2D eigenvalue weighted by Gasteiger charge is -2.14.